The first kappa shape index (κ1) is 26.4. The van der Waals surface area contributed by atoms with Gasteiger partial charge in [-0.3, -0.25) is 0 Å². The molecule has 152 valence electrons. The van der Waals surface area contributed by atoms with Gasteiger partial charge in [-0.2, -0.15) is 0 Å². The number of aliphatic carboxylic acids is 1. The molecule has 2 saturated heterocycles. The lowest BCUT2D eigenvalue weighted by atomic mass is 10.4. The van der Waals surface area contributed by atoms with Crippen molar-refractivity contribution >= 4 is 23.9 Å². The molecule has 0 aromatic heterocycles. The lowest BCUT2D eigenvalue weighted by Crippen LogP contribution is -2.08. The second-order valence-corrected chi connectivity index (χ2v) is 4.99. The van der Waals surface area contributed by atoms with E-state index >= 15 is 0 Å². The molecule has 0 aromatic rings. The van der Waals surface area contributed by atoms with Crippen molar-refractivity contribution in [3.63, 3.8) is 0 Å². The molecule has 0 bridgehead atoms. The number of hydrogen-bond donors (Lipinski definition) is 1. The first-order valence-electron chi connectivity index (χ1n) is 7.95. The van der Waals surface area contributed by atoms with E-state index in [1.54, 1.807) is 13.8 Å². The summed E-state index contributed by atoms with van der Waals surface area (Å²) in [4.78, 5) is 40.3. The molecule has 1 unspecified atom stereocenters. The number of esters is 3. The highest BCUT2D eigenvalue weighted by molar-refractivity contribution is 6.04. The number of carbonyl (C=O) groups is 4. The van der Waals surface area contributed by atoms with Gasteiger partial charge < -0.3 is 24.1 Å². The number of epoxide rings is 2. The molecule has 3 aliphatic heterocycles. The van der Waals surface area contributed by atoms with Crippen LogP contribution in [0.2, 0.25) is 0 Å². The van der Waals surface area contributed by atoms with Crippen LogP contribution in [0.5, 0.6) is 0 Å². The van der Waals surface area contributed by atoms with E-state index in [0.29, 0.717) is 6.10 Å². The molecule has 2 fully saturated rings. The van der Waals surface area contributed by atoms with Crippen LogP contribution in [0.4, 0.5) is 0 Å². The summed E-state index contributed by atoms with van der Waals surface area (Å²) in [5.74, 6) is -2.96. The van der Waals surface area contributed by atoms with Gasteiger partial charge in [-0.05, 0) is 20.8 Å². The van der Waals surface area contributed by atoms with Gasteiger partial charge in [-0.25, -0.2) is 19.2 Å². The maximum Gasteiger partial charge on any atom is 0.338 e. The van der Waals surface area contributed by atoms with Gasteiger partial charge in [0.15, 0.2) is 0 Å². The van der Waals surface area contributed by atoms with E-state index in [1.165, 1.54) is 0 Å². The lowest BCUT2D eigenvalue weighted by Gasteiger charge is -2.02. The van der Waals surface area contributed by atoms with Crippen LogP contribution in [0, 0.1) is 0 Å². The smallest absolute Gasteiger partial charge is 0.338 e. The summed E-state index contributed by atoms with van der Waals surface area (Å²) in [6.45, 7) is 14.4. The molecule has 3 heterocycles. The zero-order chi connectivity index (χ0) is 21.2. The molecule has 0 amide bonds. The lowest BCUT2D eigenvalue weighted by molar-refractivity contribution is -0.150. The molecule has 9 nitrogen and oxygen atoms in total. The Morgan fingerprint density at radius 1 is 1.19 bits per heavy atom. The number of hydrogen-bond acceptors (Lipinski definition) is 8. The van der Waals surface area contributed by atoms with E-state index in [2.05, 4.69) is 34.3 Å². The molecule has 3 aliphatic rings. The van der Waals surface area contributed by atoms with Gasteiger partial charge in [0.25, 0.3) is 0 Å². The van der Waals surface area contributed by atoms with E-state index in [9.17, 15) is 19.2 Å². The third kappa shape index (κ3) is 28.3. The molecule has 9 heteroatoms. The Bertz CT molecular complexity index is 510. The average molecular weight is 386 g/mol. The average Bonchev–Trinajstić information content (AvgIpc) is 3.51. The van der Waals surface area contributed by atoms with Crippen LogP contribution in [0.1, 0.15) is 20.8 Å². The number of carboxylic acid groups (broad SMARTS) is 1. The van der Waals surface area contributed by atoms with Crippen LogP contribution in [0.3, 0.4) is 0 Å². The minimum absolute atomic E-state index is 0.221. The van der Waals surface area contributed by atoms with Gasteiger partial charge in [0.1, 0.15) is 0 Å². The Morgan fingerprint density at radius 3 is 1.78 bits per heavy atom. The van der Waals surface area contributed by atoms with Crippen LogP contribution in [0.15, 0.2) is 37.5 Å². The van der Waals surface area contributed by atoms with Crippen molar-refractivity contribution in [1.29, 1.82) is 0 Å². The van der Waals surface area contributed by atoms with Crippen LogP contribution in [-0.4, -0.2) is 61.0 Å². The maximum absolute atomic E-state index is 10.6. The highest BCUT2D eigenvalue weighted by Crippen LogP contribution is 2.04. The minimum Gasteiger partial charge on any atom is -0.478 e. The SMILES string of the molecule is C1CO1.C=C.CC(C)OC(=O)/C=C/C(=O)O.CC1CO1.O=C1C=CC(=O)O1. The van der Waals surface area contributed by atoms with Crippen LogP contribution >= 0.6 is 0 Å². The standard InChI is InChI=1S/C7H10O4.C4H2O3.C3H6O.C2H4O.C2H4/c1-5(2)11-7(10)4-3-6(8)9;5-3-1-2-4(6)7-3;1-3-2-4-3;1-2-3-1;1-2/h3-5H,1-2H3,(H,8,9);1-2H;3H,2H2,1H3;1-2H2;1-2H2/b4-3+;;;;. The molecule has 0 aliphatic carbocycles. The van der Waals surface area contributed by atoms with Crippen molar-refractivity contribution in [1.82, 2.24) is 0 Å². The topological polar surface area (TPSA) is 132 Å². The van der Waals surface area contributed by atoms with E-state index < -0.39 is 23.9 Å². The second kappa shape index (κ2) is 16.7. The zero-order valence-electron chi connectivity index (χ0n) is 15.7. The van der Waals surface area contributed by atoms with Crippen molar-refractivity contribution in [2.24, 2.45) is 0 Å². The minimum atomic E-state index is -1.16. The fraction of sp³-hybridized carbons (Fsp3) is 0.444. The Labute approximate surface area is 158 Å². The number of carbonyl (C=O) groups excluding carboxylic acids is 3. The molecule has 0 spiro atoms. The first-order chi connectivity index (χ1) is 12.7. The van der Waals surface area contributed by atoms with Crippen LogP contribution in [0.25, 0.3) is 0 Å². The van der Waals surface area contributed by atoms with Crippen molar-refractivity contribution in [2.45, 2.75) is 33.0 Å². The molecule has 3 rings (SSSR count). The quantitative estimate of drug-likeness (QED) is 0.251. The Morgan fingerprint density at radius 2 is 1.59 bits per heavy atom. The van der Waals surface area contributed by atoms with E-state index in [4.69, 9.17) is 9.84 Å². The highest BCUT2D eigenvalue weighted by atomic mass is 16.6. The van der Waals surface area contributed by atoms with Crippen molar-refractivity contribution in [3.8, 4) is 0 Å². The molecular weight excluding hydrogens is 360 g/mol. The predicted molar refractivity (Wildman–Crippen MR) is 95.7 cm³/mol. The van der Waals surface area contributed by atoms with Crippen molar-refractivity contribution in [2.75, 3.05) is 19.8 Å². The van der Waals surface area contributed by atoms with Gasteiger partial charge in [0.05, 0.1) is 32.0 Å². The van der Waals surface area contributed by atoms with Gasteiger partial charge >= 0.3 is 23.9 Å². The number of carboxylic acids is 1. The highest BCUT2D eigenvalue weighted by Gasteiger charge is 2.13. The summed E-state index contributed by atoms with van der Waals surface area (Å²) in [5.41, 5.74) is 0. The predicted octanol–water partition coefficient (Wildman–Crippen LogP) is 1.43. The fourth-order valence-electron chi connectivity index (χ4n) is 0.810. The third-order valence-corrected chi connectivity index (χ3v) is 1.97. The van der Waals surface area contributed by atoms with Crippen LogP contribution < -0.4 is 0 Å². The first-order valence-corrected chi connectivity index (χ1v) is 7.95. The fourth-order valence-corrected chi connectivity index (χ4v) is 0.810. The molecule has 1 N–H and O–H groups in total. The summed E-state index contributed by atoms with van der Waals surface area (Å²) in [5, 5.41) is 8.10. The molecule has 0 radical (unpaired) electrons. The number of cyclic esters (lactones) is 2. The van der Waals surface area contributed by atoms with E-state index in [-0.39, 0.29) is 6.10 Å². The van der Waals surface area contributed by atoms with E-state index in [0.717, 1.165) is 44.1 Å². The van der Waals surface area contributed by atoms with Gasteiger partial charge in [0, 0.05) is 24.3 Å². The maximum atomic E-state index is 10.6. The summed E-state index contributed by atoms with van der Waals surface area (Å²) in [7, 11) is 0. The Hall–Kier alpha value is -2.78. The summed E-state index contributed by atoms with van der Waals surface area (Å²) < 4.78 is 17.8. The molecule has 0 saturated carbocycles. The molecule has 1 atom stereocenters. The molecule has 27 heavy (non-hydrogen) atoms. The monoisotopic (exact) mass is 386 g/mol. The van der Waals surface area contributed by atoms with Gasteiger partial charge in [-0.1, -0.05) is 0 Å². The number of ether oxygens (including phenoxy) is 4. The van der Waals surface area contributed by atoms with E-state index in [1.807, 2.05) is 0 Å². The molecule has 0 aromatic carbocycles. The Balaban J connectivity index is 0. The second-order valence-electron chi connectivity index (χ2n) is 4.99. The van der Waals surface area contributed by atoms with Crippen molar-refractivity contribution in [3.05, 3.63) is 37.5 Å². The summed E-state index contributed by atoms with van der Waals surface area (Å²) in [6.07, 6.45) is 4.15. The number of rotatable bonds is 3. The van der Waals surface area contributed by atoms with Gasteiger partial charge in [0.2, 0.25) is 0 Å². The van der Waals surface area contributed by atoms with Crippen molar-refractivity contribution < 1.29 is 43.2 Å². The zero-order valence-corrected chi connectivity index (χ0v) is 15.7. The normalized spacial score (nSPS) is 17.6. The van der Waals surface area contributed by atoms with Gasteiger partial charge in [-0.15, -0.1) is 13.2 Å². The summed E-state index contributed by atoms with van der Waals surface area (Å²) in [6, 6.07) is 0. The molecular formula is C18H26O9. The Kier molecular flexibility index (Phi) is 16.3. The largest absolute Gasteiger partial charge is 0.478 e. The third-order valence-electron chi connectivity index (χ3n) is 1.97. The summed E-state index contributed by atoms with van der Waals surface area (Å²) >= 11 is 0. The van der Waals surface area contributed by atoms with Crippen LogP contribution in [-0.2, 0) is 38.1 Å².